The molecular formula is C25H23ClN2O4S2. The van der Waals surface area contributed by atoms with Crippen molar-refractivity contribution in [1.29, 1.82) is 0 Å². The van der Waals surface area contributed by atoms with Gasteiger partial charge in [-0.15, -0.1) is 0 Å². The molecule has 4 aromatic rings. The number of fused-ring (bicyclic) bond motifs is 2. The van der Waals surface area contributed by atoms with Gasteiger partial charge in [0.2, 0.25) is 10.0 Å². The number of hydrogen-bond donors (Lipinski definition) is 1. The van der Waals surface area contributed by atoms with Crippen LogP contribution in [0.1, 0.15) is 35.6 Å². The van der Waals surface area contributed by atoms with Crippen LogP contribution < -0.4 is 14.3 Å². The Kier molecular flexibility index (Phi) is 6.24. The molecule has 1 aliphatic rings. The molecule has 6 nitrogen and oxygen atoms in total. The number of nitrogens with one attached hydrogen (secondary N) is 1. The molecule has 0 aliphatic heterocycles. The minimum Gasteiger partial charge on any atom is -0.497 e. The van der Waals surface area contributed by atoms with Crippen molar-refractivity contribution in [2.24, 2.45) is 0 Å². The predicted molar refractivity (Wildman–Crippen MR) is 136 cm³/mol. The second-order valence-electron chi connectivity index (χ2n) is 8.31. The number of methoxy groups -OCH3 is 1. The van der Waals surface area contributed by atoms with Crippen molar-refractivity contribution in [3.05, 3.63) is 92.0 Å². The van der Waals surface area contributed by atoms with Crippen LogP contribution in [-0.2, 0) is 23.0 Å². The van der Waals surface area contributed by atoms with E-state index in [1.807, 2.05) is 36.4 Å². The van der Waals surface area contributed by atoms with Crippen molar-refractivity contribution in [1.82, 2.24) is 9.29 Å². The van der Waals surface area contributed by atoms with E-state index in [0.29, 0.717) is 21.8 Å². The van der Waals surface area contributed by atoms with Gasteiger partial charge in [0.05, 0.1) is 28.8 Å². The molecule has 1 heterocycles. The summed E-state index contributed by atoms with van der Waals surface area (Å²) in [6, 6.07) is 17.6. The number of aryl methyl sites for hydroxylation is 1. The lowest BCUT2D eigenvalue weighted by Crippen LogP contribution is -2.31. The maximum absolute atomic E-state index is 13.3. The Morgan fingerprint density at radius 1 is 1.15 bits per heavy atom. The van der Waals surface area contributed by atoms with Crippen LogP contribution in [0.3, 0.4) is 0 Å². The first-order chi connectivity index (χ1) is 16.4. The Labute approximate surface area is 206 Å². The first kappa shape index (κ1) is 23.1. The van der Waals surface area contributed by atoms with E-state index in [1.165, 1.54) is 0 Å². The molecule has 0 spiro atoms. The standard InChI is InChI=1S/C25H23ClN2O4S2/c1-32-18-9-11-20-16(13-18)6-4-8-22(20)27-34(30,31)19-10-12-23-24(14-19)33-25(29)28(23)15-17-5-2-3-7-21(17)26/h2-3,5,7,9-14,22,27H,4,6,8,15H2,1H3/t22-/m0/s1. The summed E-state index contributed by atoms with van der Waals surface area (Å²) in [6.07, 6.45) is 2.50. The number of benzene rings is 3. The highest BCUT2D eigenvalue weighted by Crippen LogP contribution is 2.33. The van der Waals surface area contributed by atoms with Gasteiger partial charge in [-0.25, -0.2) is 13.1 Å². The third-order valence-electron chi connectivity index (χ3n) is 6.20. The molecule has 34 heavy (non-hydrogen) atoms. The Morgan fingerprint density at radius 3 is 2.76 bits per heavy atom. The minimum absolute atomic E-state index is 0.145. The molecule has 9 heteroatoms. The fourth-order valence-electron chi connectivity index (χ4n) is 4.46. The number of halogens is 1. The van der Waals surface area contributed by atoms with Gasteiger partial charge in [-0.3, -0.25) is 9.36 Å². The second kappa shape index (κ2) is 9.19. The van der Waals surface area contributed by atoms with Crippen molar-refractivity contribution in [2.75, 3.05) is 7.11 Å². The van der Waals surface area contributed by atoms with Gasteiger partial charge in [0, 0.05) is 11.1 Å². The monoisotopic (exact) mass is 514 g/mol. The zero-order valence-corrected chi connectivity index (χ0v) is 20.8. The summed E-state index contributed by atoms with van der Waals surface area (Å²) in [6.45, 7) is 0.325. The molecule has 176 valence electrons. The minimum atomic E-state index is -3.79. The number of rotatable bonds is 6. The molecule has 0 bridgehead atoms. The van der Waals surface area contributed by atoms with Crippen molar-refractivity contribution in [3.63, 3.8) is 0 Å². The summed E-state index contributed by atoms with van der Waals surface area (Å²) < 4.78 is 37.0. The summed E-state index contributed by atoms with van der Waals surface area (Å²) in [5, 5.41) is 0.586. The van der Waals surface area contributed by atoms with Gasteiger partial charge in [0.25, 0.3) is 0 Å². The smallest absolute Gasteiger partial charge is 0.308 e. The van der Waals surface area contributed by atoms with Crippen LogP contribution in [0.25, 0.3) is 10.2 Å². The largest absolute Gasteiger partial charge is 0.497 e. The van der Waals surface area contributed by atoms with Crippen LogP contribution in [0.2, 0.25) is 5.02 Å². The summed E-state index contributed by atoms with van der Waals surface area (Å²) in [4.78, 5) is 12.7. The molecule has 0 fully saturated rings. The van der Waals surface area contributed by atoms with E-state index in [2.05, 4.69) is 4.72 Å². The average molecular weight is 515 g/mol. The van der Waals surface area contributed by atoms with Crippen molar-refractivity contribution >= 4 is 43.2 Å². The van der Waals surface area contributed by atoms with E-state index in [-0.39, 0.29) is 15.8 Å². The van der Waals surface area contributed by atoms with Gasteiger partial charge >= 0.3 is 4.87 Å². The number of thiazole rings is 1. The molecule has 0 saturated heterocycles. The molecule has 5 rings (SSSR count). The number of aromatic nitrogens is 1. The van der Waals surface area contributed by atoms with E-state index >= 15 is 0 Å². The Bertz CT molecular complexity index is 1540. The van der Waals surface area contributed by atoms with Gasteiger partial charge in [0.15, 0.2) is 0 Å². The molecule has 1 aliphatic carbocycles. The predicted octanol–water partition coefficient (Wildman–Crippen LogP) is 5.13. The fourth-order valence-corrected chi connectivity index (χ4v) is 6.93. The van der Waals surface area contributed by atoms with E-state index < -0.39 is 10.0 Å². The van der Waals surface area contributed by atoms with Crippen LogP contribution in [0.15, 0.2) is 70.4 Å². The van der Waals surface area contributed by atoms with Gasteiger partial charge < -0.3 is 4.74 Å². The number of ether oxygens (including phenoxy) is 1. The summed E-state index contributed by atoms with van der Waals surface area (Å²) in [5.41, 5.74) is 3.59. The summed E-state index contributed by atoms with van der Waals surface area (Å²) >= 11 is 7.30. The van der Waals surface area contributed by atoms with E-state index in [0.717, 1.165) is 53.0 Å². The third kappa shape index (κ3) is 4.38. The molecule has 1 N–H and O–H groups in total. The van der Waals surface area contributed by atoms with Gasteiger partial charge in [-0.2, -0.15) is 0 Å². The van der Waals surface area contributed by atoms with Gasteiger partial charge in [0.1, 0.15) is 5.75 Å². The van der Waals surface area contributed by atoms with Gasteiger partial charge in [-0.1, -0.05) is 47.2 Å². The van der Waals surface area contributed by atoms with Crippen molar-refractivity contribution < 1.29 is 13.2 Å². The highest BCUT2D eigenvalue weighted by atomic mass is 35.5. The van der Waals surface area contributed by atoms with Gasteiger partial charge in [-0.05, 0) is 72.4 Å². The highest BCUT2D eigenvalue weighted by molar-refractivity contribution is 7.89. The Hall–Kier alpha value is -2.65. The van der Waals surface area contributed by atoms with Crippen LogP contribution in [0.4, 0.5) is 0 Å². The summed E-state index contributed by atoms with van der Waals surface area (Å²) in [5.74, 6) is 0.768. The highest BCUT2D eigenvalue weighted by Gasteiger charge is 2.26. The molecule has 0 amide bonds. The van der Waals surface area contributed by atoms with Crippen LogP contribution in [0.5, 0.6) is 5.75 Å². The number of sulfonamides is 1. The molecular weight excluding hydrogens is 492 g/mol. The van der Waals surface area contributed by atoms with Crippen molar-refractivity contribution in [2.45, 2.75) is 36.7 Å². The molecule has 3 aromatic carbocycles. The maximum Gasteiger partial charge on any atom is 0.308 e. The number of hydrogen-bond acceptors (Lipinski definition) is 5. The molecule has 1 atom stereocenters. The van der Waals surface area contributed by atoms with Crippen LogP contribution in [-0.4, -0.2) is 20.1 Å². The normalized spacial score (nSPS) is 15.9. The lowest BCUT2D eigenvalue weighted by atomic mass is 9.88. The second-order valence-corrected chi connectivity index (χ2v) is 11.4. The molecule has 0 unspecified atom stereocenters. The topological polar surface area (TPSA) is 77.4 Å². The molecule has 1 aromatic heterocycles. The van der Waals surface area contributed by atoms with Crippen LogP contribution in [0, 0.1) is 0 Å². The Morgan fingerprint density at radius 2 is 1.97 bits per heavy atom. The van der Waals surface area contributed by atoms with E-state index in [9.17, 15) is 13.2 Å². The lowest BCUT2D eigenvalue weighted by Gasteiger charge is -2.26. The van der Waals surface area contributed by atoms with Crippen molar-refractivity contribution in [3.8, 4) is 5.75 Å². The van der Waals surface area contributed by atoms with E-state index in [1.54, 1.807) is 35.9 Å². The zero-order chi connectivity index (χ0) is 23.9. The lowest BCUT2D eigenvalue weighted by molar-refractivity contribution is 0.412. The summed E-state index contributed by atoms with van der Waals surface area (Å²) in [7, 11) is -2.16. The average Bonchev–Trinajstić information content (AvgIpc) is 3.14. The molecule has 0 saturated carbocycles. The molecule has 0 radical (unpaired) electrons. The number of nitrogens with zero attached hydrogens (tertiary/aromatic N) is 1. The SMILES string of the molecule is COc1ccc2c(c1)CCC[C@@H]2NS(=O)(=O)c1ccc2c(c1)sc(=O)n2Cc1ccccc1Cl. The van der Waals surface area contributed by atoms with E-state index in [4.69, 9.17) is 16.3 Å². The quantitative estimate of drug-likeness (QED) is 0.387. The first-order valence-electron chi connectivity index (χ1n) is 10.9. The van der Waals surface area contributed by atoms with Crippen LogP contribution >= 0.6 is 22.9 Å². The fraction of sp³-hybridized carbons (Fsp3) is 0.240. The Balaban J connectivity index is 1.45. The third-order valence-corrected chi connectivity index (χ3v) is 8.98. The maximum atomic E-state index is 13.3. The first-order valence-corrected chi connectivity index (χ1v) is 13.6. The zero-order valence-electron chi connectivity index (χ0n) is 18.5.